The molecule has 4 aliphatic rings. The van der Waals surface area contributed by atoms with Crippen LogP contribution in [0.25, 0.3) is 11.4 Å². The molecular formula is C44H60N14O12. The molecule has 26 heteroatoms. The number of rotatable bonds is 19. The smallest absolute Gasteiger partial charge is 0.318 e. The Kier molecular flexibility index (Phi) is 17.9. The van der Waals surface area contributed by atoms with Gasteiger partial charge in [-0.1, -0.05) is 0 Å². The number of primary amides is 2. The zero-order chi connectivity index (χ0) is 50.5. The number of nitrogens with one attached hydrogen (secondary N) is 6. The van der Waals surface area contributed by atoms with Gasteiger partial charge in [0.15, 0.2) is 0 Å². The van der Waals surface area contributed by atoms with Crippen LogP contribution in [0.1, 0.15) is 72.1 Å². The fourth-order valence-electron chi connectivity index (χ4n) is 8.87. The van der Waals surface area contributed by atoms with Crippen LogP contribution in [0.3, 0.4) is 0 Å². The number of carbonyl (C=O) groups excluding carboxylic acids is 10. The molecule has 12 amide bonds. The zero-order valence-corrected chi connectivity index (χ0v) is 38.5. The van der Waals surface area contributed by atoms with Crippen LogP contribution >= 0.6 is 0 Å². The van der Waals surface area contributed by atoms with Crippen LogP contribution in [0, 0.1) is 0 Å². The van der Waals surface area contributed by atoms with Crippen molar-refractivity contribution in [2.45, 2.75) is 87.7 Å². The van der Waals surface area contributed by atoms with Crippen LogP contribution in [0.4, 0.5) is 9.59 Å². The Labute approximate surface area is 402 Å². The van der Waals surface area contributed by atoms with Gasteiger partial charge in [-0.2, -0.15) is 0 Å². The Morgan fingerprint density at radius 1 is 0.514 bits per heavy atom. The van der Waals surface area contributed by atoms with E-state index in [0.29, 0.717) is 49.9 Å². The van der Waals surface area contributed by atoms with Crippen molar-refractivity contribution in [3.8, 4) is 11.4 Å². The molecule has 0 aliphatic carbocycles. The second kappa shape index (κ2) is 24.2. The molecule has 6 atom stereocenters. The number of hydrogen-bond donors (Lipinski definition) is 10. The third kappa shape index (κ3) is 13.0. The highest BCUT2D eigenvalue weighted by Gasteiger charge is 2.48. The molecule has 6 rings (SSSR count). The lowest BCUT2D eigenvalue weighted by atomic mass is 10.1. The van der Waals surface area contributed by atoms with E-state index in [1.54, 1.807) is 24.3 Å². The first-order valence-corrected chi connectivity index (χ1v) is 23.2. The lowest BCUT2D eigenvalue weighted by Gasteiger charge is -2.32. The molecule has 0 spiro atoms. The van der Waals surface area contributed by atoms with Crippen molar-refractivity contribution >= 4 is 59.3 Å². The largest absolute Gasteiger partial charge is 0.390 e. The van der Waals surface area contributed by atoms with E-state index in [0.717, 1.165) is 0 Å². The van der Waals surface area contributed by atoms with E-state index in [1.165, 1.54) is 32.0 Å². The Balaban J connectivity index is 0.873. The normalized spacial score (nSPS) is 21.7. The Morgan fingerprint density at radius 3 is 1.26 bits per heavy atom. The molecule has 0 bridgehead atoms. The molecule has 2 aromatic rings. The van der Waals surface area contributed by atoms with Crippen LogP contribution < -0.4 is 43.4 Å². The fourth-order valence-corrected chi connectivity index (χ4v) is 8.87. The highest BCUT2D eigenvalue weighted by molar-refractivity contribution is 5.97. The van der Waals surface area contributed by atoms with Crippen molar-refractivity contribution in [1.29, 1.82) is 0 Å². The van der Waals surface area contributed by atoms with Crippen LogP contribution in [0.15, 0.2) is 36.7 Å². The summed E-state index contributed by atoms with van der Waals surface area (Å²) >= 11 is 0. The van der Waals surface area contributed by atoms with Gasteiger partial charge in [0.05, 0.1) is 47.8 Å². The maximum atomic E-state index is 13.5. The number of likely N-dealkylation sites (tertiary alicyclic amines) is 4. The minimum atomic E-state index is -1.19. The summed E-state index contributed by atoms with van der Waals surface area (Å²) in [5.41, 5.74) is 11.6. The van der Waals surface area contributed by atoms with Gasteiger partial charge in [0.2, 0.25) is 35.4 Å². The van der Waals surface area contributed by atoms with Crippen molar-refractivity contribution in [1.82, 2.24) is 61.5 Å². The number of aliphatic hydroxyl groups excluding tert-OH is 2. The third-order valence-corrected chi connectivity index (χ3v) is 12.5. The highest BCUT2D eigenvalue weighted by atomic mass is 16.3. The number of hydrogen-bond acceptors (Lipinski definition) is 14. The summed E-state index contributed by atoms with van der Waals surface area (Å²) in [6, 6.07) is 1.09. The molecule has 26 nitrogen and oxygen atoms in total. The van der Waals surface area contributed by atoms with E-state index in [9.17, 15) is 58.2 Å². The van der Waals surface area contributed by atoms with Crippen molar-refractivity contribution < 1.29 is 58.2 Å². The predicted octanol–water partition coefficient (Wildman–Crippen LogP) is -4.14. The van der Waals surface area contributed by atoms with Gasteiger partial charge in [0.25, 0.3) is 11.8 Å². The van der Waals surface area contributed by atoms with Gasteiger partial charge >= 0.3 is 12.1 Å². The van der Waals surface area contributed by atoms with Gasteiger partial charge in [0.1, 0.15) is 24.2 Å². The second-order valence-corrected chi connectivity index (χ2v) is 17.3. The number of nitrogens with zero attached hydrogens (tertiary/aromatic N) is 6. The minimum absolute atomic E-state index is 0.119. The summed E-state index contributed by atoms with van der Waals surface area (Å²) < 4.78 is 0. The van der Waals surface area contributed by atoms with Crippen LogP contribution in [-0.2, 0) is 28.8 Å². The fraction of sp³-hybridized carbons (Fsp3) is 0.545. The minimum Gasteiger partial charge on any atom is -0.390 e. The number of aromatic nitrogens is 2. The molecule has 12 N–H and O–H groups in total. The molecule has 0 radical (unpaired) electrons. The van der Waals surface area contributed by atoms with E-state index in [4.69, 9.17) is 11.5 Å². The van der Waals surface area contributed by atoms with Gasteiger partial charge in [-0.25, -0.2) is 9.59 Å². The number of nitrogens with two attached hydrogens (primary N) is 2. The van der Waals surface area contributed by atoms with Crippen LogP contribution in [-0.4, -0.2) is 201 Å². The SMILES string of the molecule is NC(=O)CNC(=O)[C@@H]1CCCN1C(=O)[C@@H]1C(O)CCN1C(=O)NCCCNC(=O)c1ccc(-c2ccc(C(=O)NCCCNC(=O)N3CCC(O)[C@H]3C(=O)N3CCC[C@H]3C(=O)NCC(N)=O)cn2)nc1. The number of aliphatic hydroxyl groups is 2. The average molecular weight is 977 g/mol. The predicted molar refractivity (Wildman–Crippen MR) is 244 cm³/mol. The molecule has 0 saturated carbocycles. The Morgan fingerprint density at radius 2 is 0.900 bits per heavy atom. The van der Waals surface area contributed by atoms with E-state index in [1.807, 2.05) is 0 Å². The van der Waals surface area contributed by atoms with Crippen molar-refractivity contribution in [2.24, 2.45) is 11.5 Å². The summed E-state index contributed by atoms with van der Waals surface area (Å²) in [5.74, 6) is -4.48. The molecular weight excluding hydrogens is 917 g/mol. The molecule has 2 aromatic heterocycles. The number of carbonyl (C=O) groups is 10. The summed E-state index contributed by atoms with van der Waals surface area (Å²) in [6.07, 6.45) is 3.31. The average Bonchev–Trinajstić information content (AvgIpc) is 4.19. The second-order valence-electron chi connectivity index (χ2n) is 17.3. The number of pyridine rings is 2. The summed E-state index contributed by atoms with van der Waals surface area (Å²) in [5, 5.41) is 37.0. The topological polar surface area (TPSA) is 374 Å². The van der Waals surface area contributed by atoms with E-state index in [-0.39, 0.29) is 89.4 Å². The van der Waals surface area contributed by atoms with Gasteiger partial charge in [-0.3, -0.25) is 48.3 Å². The molecule has 70 heavy (non-hydrogen) atoms. The third-order valence-electron chi connectivity index (χ3n) is 12.5. The van der Waals surface area contributed by atoms with Gasteiger partial charge in [-0.05, 0) is 75.6 Å². The number of amides is 12. The molecule has 4 saturated heterocycles. The standard InChI is InChI=1S/C44H60N14O12/c45-33(61)23-53-39(65)29-5-1-17-55(29)41(67)35-31(59)11-19-57(35)43(69)49-15-3-13-47-37(63)25-7-9-27(51-21-25)28-10-8-26(22-52-28)38(64)48-14-4-16-50-44(70)58-20-12-32(60)36(58)42(68)56-18-2-6-30(56)40(66)54-24-34(46)62/h7-10,21-22,29-32,35-36,59-60H,1-6,11-20,23-24H2,(H2,45,61)(H2,46,62)(H,47,63)(H,48,64)(H,49,69)(H,50,70)(H,53,65)(H,54,66)/t29-,30-,31?,32?,35-,36-/m0/s1. The Hall–Kier alpha value is -7.48. The Bertz CT molecular complexity index is 2130. The van der Waals surface area contributed by atoms with Crippen molar-refractivity contribution in [2.75, 3.05) is 65.4 Å². The maximum Gasteiger partial charge on any atom is 0.318 e. The first kappa shape index (κ1) is 51.9. The lowest BCUT2D eigenvalue weighted by molar-refractivity contribution is -0.143. The molecule has 4 aliphatic heterocycles. The quantitative estimate of drug-likeness (QED) is 0.0598. The summed E-state index contributed by atoms with van der Waals surface area (Å²) in [6.45, 7) is 0.675. The van der Waals surface area contributed by atoms with E-state index < -0.39 is 95.7 Å². The highest BCUT2D eigenvalue weighted by Crippen LogP contribution is 2.27. The number of urea groups is 2. The first-order valence-electron chi connectivity index (χ1n) is 23.2. The lowest BCUT2D eigenvalue weighted by Crippen LogP contribution is -2.57. The molecule has 2 unspecified atom stereocenters. The zero-order valence-electron chi connectivity index (χ0n) is 38.5. The van der Waals surface area contributed by atoms with Crippen molar-refractivity contribution in [3.63, 3.8) is 0 Å². The van der Waals surface area contributed by atoms with Crippen LogP contribution in [0.2, 0.25) is 0 Å². The molecule has 0 aromatic carbocycles. The first-order chi connectivity index (χ1) is 33.5. The van der Waals surface area contributed by atoms with Gasteiger partial charge < -0.3 is 73.2 Å². The van der Waals surface area contributed by atoms with Crippen LogP contribution in [0.5, 0.6) is 0 Å². The van der Waals surface area contributed by atoms with Crippen molar-refractivity contribution in [3.05, 3.63) is 47.8 Å². The summed E-state index contributed by atoms with van der Waals surface area (Å²) in [4.78, 5) is 140. The molecule has 378 valence electrons. The van der Waals surface area contributed by atoms with E-state index >= 15 is 0 Å². The molecule has 6 heterocycles. The van der Waals surface area contributed by atoms with Gasteiger partial charge in [0, 0.05) is 64.8 Å². The maximum absolute atomic E-state index is 13.5. The monoisotopic (exact) mass is 976 g/mol. The van der Waals surface area contributed by atoms with Gasteiger partial charge in [-0.15, -0.1) is 0 Å². The summed E-state index contributed by atoms with van der Waals surface area (Å²) in [7, 11) is 0. The molecule has 4 fully saturated rings. The van der Waals surface area contributed by atoms with E-state index in [2.05, 4.69) is 41.9 Å².